The van der Waals surface area contributed by atoms with E-state index in [4.69, 9.17) is 16.3 Å². The zero-order chi connectivity index (χ0) is 12.5. The summed E-state index contributed by atoms with van der Waals surface area (Å²) in [4.78, 5) is 12.1. The first kappa shape index (κ1) is 11.1. The van der Waals surface area contributed by atoms with Crippen LogP contribution in [0, 0.1) is 0 Å². The maximum absolute atomic E-state index is 12.1. The van der Waals surface area contributed by atoms with Gasteiger partial charge in [-0.05, 0) is 35.9 Å². The lowest BCUT2D eigenvalue weighted by Crippen LogP contribution is -1.97. The van der Waals surface area contributed by atoms with Crippen LogP contribution in [0.15, 0.2) is 54.3 Å². The lowest BCUT2D eigenvalue weighted by molar-refractivity contribution is 0.101. The number of carbonyl (C=O) groups excluding carboxylic acids is 1. The Labute approximate surface area is 109 Å². The third-order valence-electron chi connectivity index (χ3n) is 2.72. The number of ketones is 1. The second-order valence-electron chi connectivity index (χ2n) is 3.99. The standard InChI is InChI=1S/C15H9ClO2/c16-11-5-3-4-10(8-11)9-14-15(17)12-6-1-2-7-13(12)18-14/h1-9H/b14-9+. The van der Waals surface area contributed by atoms with Crippen LogP contribution in [0.2, 0.25) is 5.02 Å². The number of hydrogen-bond acceptors (Lipinski definition) is 2. The molecule has 1 aliphatic heterocycles. The summed E-state index contributed by atoms with van der Waals surface area (Å²) in [6.45, 7) is 0. The fraction of sp³-hybridized carbons (Fsp3) is 0. The van der Waals surface area contributed by atoms with Gasteiger partial charge in [0.25, 0.3) is 0 Å². The molecule has 2 aromatic carbocycles. The Morgan fingerprint density at radius 2 is 1.89 bits per heavy atom. The highest BCUT2D eigenvalue weighted by Gasteiger charge is 2.26. The molecule has 0 aromatic heterocycles. The van der Waals surface area contributed by atoms with Gasteiger partial charge in [0.2, 0.25) is 5.78 Å². The Morgan fingerprint density at radius 3 is 2.67 bits per heavy atom. The fourth-order valence-electron chi connectivity index (χ4n) is 1.88. The lowest BCUT2D eigenvalue weighted by atomic mass is 10.1. The zero-order valence-electron chi connectivity index (χ0n) is 9.39. The topological polar surface area (TPSA) is 26.3 Å². The molecule has 1 aliphatic rings. The molecule has 0 aliphatic carbocycles. The quantitative estimate of drug-likeness (QED) is 0.722. The van der Waals surface area contributed by atoms with E-state index in [1.807, 2.05) is 24.3 Å². The van der Waals surface area contributed by atoms with E-state index in [1.165, 1.54) is 0 Å². The number of halogens is 1. The first-order chi connectivity index (χ1) is 8.74. The molecule has 0 N–H and O–H groups in total. The Bertz CT molecular complexity index is 659. The second kappa shape index (κ2) is 4.31. The van der Waals surface area contributed by atoms with E-state index in [9.17, 15) is 4.79 Å². The number of hydrogen-bond donors (Lipinski definition) is 0. The lowest BCUT2D eigenvalue weighted by Gasteiger charge is -1.98. The number of para-hydroxylation sites is 1. The van der Waals surface area contributed by atoms with Gasteiger partial charge in [-0.1, -0.05) is 35.9 Å². The van der Waals surface area contributed by atoms with Crippen LogP contribution in [0.25, 0.3) is 6.08 Å². The average molecular weight is 257 g/mol. The number of fused-ring (bicyclic) bond motifs is 1. The smallest absolute Gasteiger partial charge is 0.231 e. The van der Waals surface area contributed by atoms with Gasteiger partial charge >= 0.3 is 0 Å². The zero-order valence-corrected chi connectivity index (χ0v) is 10.1. The molecular weight excluding hydrogens is 248 g/mol. The van der Waals surface area contributed by atoms with Crippen LogP contribution in [0.4, 0.5) is 0 Å². The van der Waals surface area contributed by atoms with Crippen molar-refractivity contribution < 1.29 is 9.53 Å². The van der Waals surface area contributed by atoms with Crippen molar-refractivity contribution in [1.82, 2.24) is 0 Å². The maximum atomic E-state index is 12.1. The predicted molar refractivity (Wildman–Crippen MR) is 70.8 cm³/mol. The summed E-state index contributed by atoms with van der Waals surface area (Å²) in [6.07, 6.45) is 1.70. The van der Waals surface area contributed by atoms with Gasteiger partial charge in [0, 0.05) is 5.02 Å². The Kier molecular flexibility index (Phi) is 2.65. The van der Waals surface area contributed by atoms with E-state index < -0.39 is 0 Å². The van der Waals surface area contributed by atoms with Crippen molar-refractivity contribution in [2.75, 3.05) is 0 Å². The highest BCUT2D eigenvalue weighted by atomic mass is 35.5. The van der Waals surface area contributed by atoms with Gasteiger partial charge in [0.15, 0.2) is 5.76 Å². The van der Waals surface area contributed by atoms with Gasteiger partial charge in [-0.15, -0.1) is 0 Å². The van der Waals surface area contributed by atoms with Crippen LogP contribution in [-0.4, -0.2) is 5.78 Å². The first-order valence-corrected chi connectivity index (χ1v) is 5.91. The SMILES string of the molecule is O=C1/C(=C\c2cccc(Cl)c2)Oc2ccccc21. The van der Waals surface area contributed by atoms with Crippen LogP contribution in [-0.2, 0) is 0 Å². The summed E-state index contributed by atoms with van der Waals surface area (Å²) >= 11 is 5.90. The molecule has 2 nitrogen and oxygen atoms in total. The summed E-state index contributed by atoms with van der Waals surface area (Å²) < 4.78 is 5.53. The molecule has 0 fully saturated rings. The normalized spacial score (nSPS) is 15.6. The van der Waals surface area contributed by atoms with Crippen molar-refractivity contribution in [3.8, 4) is 5.75 Å². The van der Waals surface area contributed by atoms with Crippen molar-refractivity contribution in [2.24, 2.45) is 0 Å². The predicted octanol–water partition coefficient (Wildman–Crippen LogP) is 3.96. The van der Waals surface area contributed by atoms with Crippen molar-refractivity contribution in [1.29, 1.82) is 0 Å². The largest absolute Gasteiger partial charge is 0.452 e. The van der Waals surface area contributed by atoms with Crippen LogP contribution in [0.3, 0.4) is 0 Å². The Hall–Kier alpha value is -2.06. The molecule has 1 heterocycles. The first-order valence-electron chi connectivity index (χ1n) is 5.53. The Balaban J connectivity index is 1.99. The summed E-state index contributed by atoms with van der Waals surface area (Å²) in [7, 11) is 0. The van der Waals surface area contributed by atoms with Crippen molar-refractivity contribution in [2.45, 2.75) is 0 Å². The minimum absolute atomic E-state index is 0.0921. The number of ether oxygens (including phenoxy) is 1. The fourth-order valence-corrected chi connectivity index (χ4v) is 2.08. The van der Waals surface area contributed by atoms with Crippen LogP contribution >= 0.6 is 11.6 Å². The molecule has 88 valence electrons. The summed E-state index contributed by atoms with van der Waals surface area (Å²) in [5.41, 5.74) is 1.45. The maximum Gasteiger partial charge on any atom is 0.231 e. The molecule has 0 saturated heterocycles. The minimum Gasteiger partial charge on any atom is -0.452 e. The molecule has 18 heavy (non-hydrogen) atoms. The molecular formula is C15H9ClO2. The molecule has 0 atom stereocenters. The summed E-state index contributed by atoms with van der Waals surface area (Å²) in [5, 5.41) is 0.632. The number of benzene rings is 2. The molecule has 0 radical (unpaired) electrons. The van der Waals surface area contributed by atoms with E-state index in [0.717, 1.165) is 5.56 Å². The average Bonchev–Trinajstić information content (AvgIpc) is 2.67. The number of carbonyl (C=O) groups is 1. The van der Waals surface area contributed by atoms with E-state index in [2.05, 4.69) is 0 Å². The van der Waals surface area contributed by atoms with Gasteiger partial charge < -0.3 is 4.74 Å². The minimum atomic E-state index is -0.0921. The van der Waals surface area contributed by atoms with Gasteiger partial charge in [-0.25, -0.2) is 0 Å². The van der Waals surface area contributed by atoms with Crippen LogP contribution in [0.1, 0.15) is 15.9 Å². The number of rotatable bonds is 1. The van der Waals surface area contributed by atoms with Crippen LogP contribution < -0.4 is 4.74 Å². The molecule has 0 unspecified atom stereocenters. The third-order valence-corrected chi connectivity index (χ3v) is 2.96. The molecule has 0 bridgehead atoms. The Morgan fingerprint density at radius 1 is 1.06 bits per heavy atom. The van der Waals surface area contributed by atoms with E-state index >= 15 is 0 Å². The van der Waals surface area contributed by atoms with Gasteiger partial charge in [-0.3, -0.25) is 4.79 Å². The van der Waals surface area contributed by atoms with Crippen LogP contribution in [0.5, 0.6) is 5.75 Å². The molecule has 0 saturated carbocycles. The van der Waals surface area contributed by atoms with Gasteiger partial charge in [-0.2, -0.15) is 0 Å². The van der Waals surface area contributed by atoms with Gasteiger partial charge in [0.05, 0.1) is 5.56 Å². The monoisotopic (exact) mass is 256 g/mol. The highest BCUT2D eigenvalue weighted by Crippen LogP contribution is 2.31. The van der Waals surface area contributed by atoms with Crippen molar-refractivity contribution in [3.63, 3.8) is 0 Å². The van der Waals surface area contributed by atoms with Crippen molar-refractivity contribution in [3.05, 3.63) is 70.4 Å². The van der Waals surface area contributed by atoms with Gasteiger partial charge in [0.1, 0.15) is 5.75 Å². The van der Waals surface area contributed by atoms with E-state index in [-0.39, 0.29) is 5.78 Å². The second-order valence-corrected chi connectivity index (χ2v) is 4.43. The molecule has 3 heteroatoms. The molecule has 0 amide bonds. The highest BCUT2D eigenvalue weighted by molar-refractivity contribution is 6.30. The third kappa shape index (κ3) is 1.91. The number of allylic oxidation sites excluding steroid dienone is 1. The molecule has 2 aromatic rings. The summed E-state index contributed by atoms with van der Waals surface area (Å²) in [6, 6.07) is 14.5. The van der Waals surface area contributed by atoms with Crippen molar-refractivity contribution >= 4 is 23.5 Å². The van der Waals surface area contributed by atoms with E-state index in [1.54, 1.807) is 30.3 Å². The van der Waals surface area contributed by atoms with E-state index in [0.29, 0.717) is 22.1 Å². The molecule has 0 spiro atoms. The number of Topliss-reactive ketones (excluding diaryl/α,β-unsaturated/α-hetero) is 1. The molecule has 3 rings (SSSR count). The summed E-state index contributed by atoms with van der Waals surface area (Å²) in [5.74, 6) is 0.847.